The molecule has 0 aromatic heterocycles. The number of anilines is 2. The monoisotopic (exact) mass is 258 g/mol. The van der Waals surface area contributed by atoms with Crippen molar-refractivity contribution in [2.45, 2.75) is 6.92 Å². The topological polar surface area (TPSA) is 41.1 Å². The van der Waals surface area contributed by atoms with E-state index in [1.54, 1.807) is 0 Å². The molecule has 3 nitrogen and oxygen atoms in total. The van der Waals surface area contributed by atoms with Crippen LogP contribution in [0.4, 0.5) is 11.4 Å². The summed E-state index contributed by atoms with van der Waals surface area (Å²) in [6, 6.07) is 7.32. The van der Waals surface area contributed by atoms with Crippen LogP contribution in [0, 0.1) is 0 Å². The molecule has 1 amide bonds. The zero-order valence-electron chi connectivity index (χ0n) is 8.76. The number of benzene rings is 1. The molecule has 0 aliphatic carbocycles. The lowest BCUT2D eigenvalue weighted by Gasteiger charge is -2.06. The molecule has 2 N–H and O–H groups in total. The molecule has 0 saturated heterocycles. The highest BCUT2D eigenvalue weighted by molar-refractivity contribution is 6.36. The molecule has 0 aliphatic rings. The van der Waals surface area contributed by atoms with E-state index >= 15 is 0 Å². The molecule has 0 radical (unpaired) electrons. The molecule has 0 spiro atoms. The van der Waals surface area contributed by atoms with Crippen molar-refractivity contribution < 1.29 is 4.79 Å². The van der Waals surface area contributed by atoms with E-state index in [2.05, 4.69) is 10.6 Å². The number of rotatable bonds is 4. The molecule has 1 aromatic rings. The number of hydrogen-bond donors (Lipinski definition) is 2. The van der Waals surface area contributed by atoms with Gasteiger partial charge < -0.3 is 10.6 Å². The quantitative estimate of drug-likeness (QED) is 0.870. The highest BCUT2D eigenvalue weighted by Crippen LogP contribution is 2.14. The standard InChI is InChI=1S/C11H12Cl2N2O/c1-8(16)15-11-4-2-10(3-5-11)14-7-9(13)6-12/h2-6,14H,7H2,1H3,(H,15,16). The van der Waals surface area contributed by atoms with Crippen LogP contribution < -0.4 is 10.6 Å². The lowest BCUT2D eigenvalue weighted by molar-refractivity contribution is -0.114. The Kier molecular flexibility index (Phi) is 5.15. The van der Waals surface area contributed by atoms with Crippen LogP contribution in [0.1, 0.15) is 6.92 Å². The van der Waals surface area contributed by atoms with Gasteiger partial charge in [-0.2, -0.15) is 0 Å². The second-order valence-electron chi connectivity index (χ2n) is 3.17. The van der Waals surface area contributed by atoms with E-state index in [0.717, 1.165) is 11.4 Å². The molecule has 0 fully saturated rings. The summed E-state index contributed by atoms with van der Waals surface area (Å²) >= 11 is 11.1. The van der Waals surface area contributed by atoms with Gasteiger partial charge in [-0.1, -0.05) is 23.2 Å². The van der Waals surface area contributed by atoms with Crippen LogP contribution in [0.25, 0.3) is 0 Å². The van der Waals surface area contributed by atoms with Crippen molar-refractivity contribution in [1.29, 1.82) is 0 Å². The van der Waals surface area contributed by atoms with E-state index < -0.39 is 0 Å². The average Bonchev–Trinajstić information content (AvgIpc) is 2.27. The van der Waals surface area contributed by atoms with Gasteiger partial charge in [0.25, 0.3) is 0 Å². The fourth-order valence-electron chi connectivity index (χ4n) is 1.10. The highest BCUT2D eigenvalue weighted by atomic mass is 35.5. The van der Waals surface area contributed by atoms with E-state index in [-0.39, 0.29) is 5.91 Å². The maximum Gasteiger partial charge on any atom is 0.221 e. The Morgan fingerprint density at radius 1 is 1.31 bits per heavy atom. The number of hydrogen-bond acceptors (Lipinski definition) is 2. The van der Waals surface area contributed by atoms with E-state index in [9.17, 15) is 4.79 Å². The van der Waals surface area contributed by atoms with Gasteiger partial charge in [-0.05, 0) is 24.3 Å². The summed E-state index contributed by atoms with van der Waals surface area (Å²) in [5.74, 6) is -0.0890. The molecule has 0 aliphatic heterocycles. The molecular weight excluding hydrogens is 247 g/mol. The SMILES string of the molecule is CC(=O)Nc1ccc(NCC(Cl)=CCl)cc1. The van der Waals surface area contributed by atoms with Gasteiger partial charge in [-0.25, -0.2) is 0 Å². The van der Waals surface area contributed by atoms with Crippen LogP contribution in [0.2, 0.25) is 0 Å². The first kappa shape index (κ1) is 12.9. The first-order valence-electron chi connectivity index (χ1n) is 4.68. The summed E-state index contributed by atoms with van der Waals surface area (Å²) in [5.41, 5.74) is 2.99. The van der Waals surface area contributed by atoms with Gasteiger partial charge in [0.05, 0.1) is 6.54 Å². The zero-order chi connectivity index (χ0) is 12.0. The number of carbonyl (C=O) groups is 1. The number of nitrogens with one attached hydrogen (secondary N) is 2. The van der Waals surface area contributed by atoms with Gasteiger partial charge in [0, 0.05) is 28.9 Å². The van der Waals surface area contributed by atoms with Gasteiger partial charge in [-0.3, -0.25) is 4.79 Å². The van der Waals surface area contributed by atoms with E-state index in [4.69, 9.17) is 23.2 Å². The van der Waals surface area contributed by atoms with Crippen molar-refractivity contribution in [3.8, 4) is 0 Å². The summed E-state index contributed by atoms with van der Waals surface area (Å²) in [5, 5.41) is 6.30. The van der Waals surface area contributed by atoms with Crippen LogP contribution in [0.5, 0.6) is 0 Å². The third-order valence-corrected chi connectivity index (χ3v) is 2.40. The van der Waals surface area contributed by atoms with Crippen molar-refractivity contribution in [3.05, 3.63) is 34.8 Å². The van der Waals surface area contributed by atoms with Gasteiger partial charge in [0.1, 0.15) is 0 Å². The van der Waals surface area contributed by atoms with Crippen molar-refractivity contribution in [2.24, 2.45) is 0 Å². The summed E-state index contributed by atoms with van der Waals surface area (Å²) in [4.78, 5) is 10.8. The Labute approximate surface area is 104 Å². The van der Waals surface area contributed by atoms with Crippen molar-refractivity contribution in [2.75, 3.05) is 17.2 Å². The van der Waals surface area contributed by atoms with Gasteiger partial charge >= 0.3 is 0 Å². The minimum atomic E-state index is -0.0890. The normalized spacial score (nSPS) is 11.1. The Hall–Kier alpha value is -1.19. The van der Waals surface area contributed by atoms with E-state index in [1.807, 2.05) is 24.3 Å². The molecule has 86 valence electrons. The number of halogens is 2. The maximum atomic E-state index is 10.8. The maximum absolute atomic E-state index is 10.8. The average molecular weight is 259 g/mol. The molecule has 1 rings (SSSR count). The van der Waals surface area contributed by atoms with Crippen LogP contribution in [-0.2, 0) is 4.79 Å². The Morgan fingerprint density at radius 3 is 2.38 bits per heavy atom. The van der Waals surface area contributed by atoms with Crippen LogP contribution in [0.15, 0.2) is 34.8 Å². The highest BCUT2D eigenvalue weighted by Gasteiger charge is 1.96. The van der Waals surface area contributed by atoms with Crippen molar-refractivity contribution in [1.82, 2.24) is 0 Å². The Morgan fingerprint density at radius 2 is 1.88 bits per heavy atom. The predicted molar refractivity (Wildman–Crippen MR) is 69.0 cm³/mol. The second-order valence-corrected chi connectivity index (χ2v) is 3.87. The van der Waals surface area contributed by atoms with Crippen molar-refractivity contribution in [3.63, 3.8) is 0 Å². The largest absolute Gasteiger partial charge is 0.380 e. The molecule has 0 atom stereocenters. The van der Waals surface area contributed by atoms with Crippen LogP contribution in [0.3, 0.4) is 0 Å². The fourth-order valence-corrected chi connectivity index (χ4v) is 1.24. The summed E-state index contributed by atoms with van der Waals surface area (Å²) in [6.45, 7) is 1.95. The van der Waals surface area contributed by atoms with Crippen LogP contribution in [-0.4, -0.2) is 12.5 Å². The number of amides is 1. The molecule has 0 unspecified atom stereocenters. The third-order valence-electron chi connectivity index (χ3n) is 1.79. The lowest BCUT2D eigenvalue weighted by Crippen LogP contribution is -2.06. The first-order chi connectivity index (χ1) is 7.61. The molecule has 0 bridgehead atoms. The third kappa shape index (κ3) is 4.55. The van der Waals surface area contributed by atoms with Gasteiger partial charge in [-0.15, -0.1) is 0 Å². The van der Waals surface area contributed by atoms with Crippen molar-refractivity contribution >= 4 is 40.5 Å². The minimum Gasteiger partial charge on any atom is -0.380 e. The first-order valence-corrected chi connectivity index (χ1v) is 5.49. The van der Waals surface area contributed by atoms with Gasteiger partial charge in [0.2, 0.25) is 5.91 Å². The van der Waals surface area contributed by atoms with E-state index in [1.165, 1.54) is 12.5 Å². The summed E-state index contributed by atoms with van der Waals surface area (Å²) in [7, 11) is 0. The summed E-state index contributed by atoms with van der Waals surface area (Å²) in [6.07, 6.45) is 0. The molecular formula is C11H12Cl2N2O. The molecule has 0 heterocycles. The Balaban J connectivity index is 2.54. The van der Waals surface area contributed by atoms with E-state index in [0.29, 0.717) is 11.6 Å². The Bertz CT molecular complexity index is 387. The summed E-state index contributed by atoms with van der Waals surface area (Å²) < 4.78 is 0. The molecule has 5 heteroatoms. The smallest absolute Gasteiger partial charge is 0.221 e. The lowest BCUT2D eigenvalue weighted by atomic mass is 10.2. The minimum absolute atomic E-state index is 0.0890. The fraction of sp³-hybridized carbons (Fsp3) is 0.182. The molecule has 16 heavy (non-hydrogen) atoms. The van der Waals surface area contributed by atoms with Crippen LogP contribution >= 0.6 is 23.2 Å². The molecule has 1 aromatic carbocycles. The number of carbonyl (C=O) groups excluding carboxylic acids is 1. The second kappa shape index (κ2) is 6.40. The zero-order valence-corrected chi connectivity index (χ0v) is 10.3. The van der Waals surface area contributed by atoms with Gasteiger partial charge in [0.15, 0.2) is 0 Å². The predicted octanol–water partition coefficient (Wildman–Crippen LogP) is 3.38. The molecule has 0 saturated carbocycles.